The third kappa shape index (κ3) is 6.01. The SMILES string of the molecule is O=C(CSc1nc2ccc(Nc3nc(N4CCCCC4)nc(N4CCCCC4)n3)cc2s1)c1ccc2c(c1)Cc1ccccc1-2. The van der Waals surface area contributed by atoms with Crippen LogP contribution < -0.4 is 15.1 Å². The molecule has 3 aromatic carbocycles. The number of benzene rings is 3. The maximum atomic E-state index is 13.2. The van der Waals surface area contributed by atoms with Crippen molar-refractivity contribution in [3.05, 3.63) is 77.4 Å². The number of ketones is 1. The summed E-state index contributed by atoms with van der Waals surface area (Å²) in [4.78, 5) is 37.2. The number of thioether (sulfide) groups is 1. The van der Waals surface area contributed by atoms with E-state index in [1.165, 1.54) is 72.5 Å². The van der Waals surface area contributed by atoms with Gasteiger partial charge in [-0.2, -0.15) is 15.0 Å². The number of carbonyl (C=O) groups excluding carboxylic acids is 1. The molecule has 0 saturated carbocycles. The smallest absolute Gasteiger partial charge is 0.233 e. The Morgan fingerprint density at radius 3 is 2.22 bits per heavy atom. The van der Waals surface area contributed by atoms with Crippen LogP contribution in [0.5, 0.6) is 0 Å². The molecule has 0 bridgehead atoms. The van der Waals surface area contributed by atoms with Gasteiger partial charge in [-0.05, 0) is 91.5 Å². The van der Waals surface area contributed by atoms with Crippen LogP contribution in [-0.2, 0) is 6.42 Å². The molecular formula is C35H35N7OS2. The van der Waals surface area contributed by atoms with Crippen molar-refractivity contribution in [1.82, 2.24) is 19.9 Å². The number of aromatic nitrogens is 4. The van der Waals surface area contributed by atoms with Crippen molar-refractivity contribution < 1.29 is 4.79 Å². The van der Waals surface area contributed by atoms with Crippen molar-refractivity contribution in [2.45, 2.75) is 49.3 Å². The molecule has 0 atom stereocenters. The maximum Gasteiger partial charge on any atom is 0.233 e. The average molecular weight is 634 g/mol. The molecule has 4 heterocycles. The van der Waals surface area contributed by atoms with E-state index in [1.54, 1.807) is 11.3 Å². The van der Waals surface area contributed by atoms with Crippen molar-refractivity contribution in [3.8, 4) is 11.1 Å². The molecule has 2 fully saturated rings. The molecule has 8 rings (SSSR count). The maximum absolute atomic E-state index is 13.2. The third-order valence-corrected chi connectivity index (χ3v) is 11.1. The number of hydrogen-bond donors (Lipinski definition) is 1. The average Bonchev–Trinajstić information content (AvgIpc) is 3.68. The summed E-state index contributed by atoms with van der Waals surface area (Å²) in [6.45, 7) is 3.94. The fourth-order valence-corrected chi connectivity index (χ4v) is 8.58. The molecule has 2 saturated heterocycles. The van der Waals surface area contributed by atoms with Crippen molar-refractivity contribution in [2.75, 3.05) is 47.0 Å². The molecule has 5 aromatic rings. The van der Waals surface area contributed by atoms with Crippen molar-refractivity contribution >= 4 is 62.6 Å². The Morgan fingerprint density at radius 1 is 0.756 bits per heavy atom. The molecule has 0 unspecified atom stereocenters. The lowest BCUT2D eigenvalue weighted by Gasteiger charge is -2.30. The molecular weight excluding hydrogens is 599 g/mol. The standard InChI is InChI=1S/C35H35N7OS2/c43-30(24-11-13-28-25(20-24)19-23-9-3-4-10-27(23)28)22-44-35-37-29-14-12-26(21-31(29)45-35)36-32-38-33(41-15-5-1-6-16-41)40-34(39-32)42-17-7-2-8-18-42/h3-4,9-14,20-21H,1-2,5-8,15-19,22H2,(H,36,38,39,40). The van der Waals surface area contributed by atoms with Gasteiger partial charge in [-0.25, -0.2) is 4.98 Å². The number of hydrogen-bond acceptors (Lipinski definition) is 10. The Morgan fingerprint density at radius 2 is 1.47 bits per heavy atom. The number of thiazole rings is 1. The predicted octanol–water partition coefficient (Wildman–Crippen LogP) is 7.75. The van der Waals surface area contributed by atoms with Crippen LogP contribution in [0.1, 0.15) is 60.0 Å². The van der Waals surface area contributed by atoms with Crippen molar-refractivity contribution in [3.63, 3.8) is 0 Å². The minimum atomic E-state index is 0.129. The molecule has 2 aromatic heterocycles. The molecule has 1 N–H and O–H groups in total. The Labute approximate surface area is 271 Å². The second-order valence-corrected chi connectivity index (χ2v) is 14.3. The number of rotatable bonds is 8. The Bertz CT molecular complexity index is 1840. The quantitative estimate of drug-likeness (QED) is 0.134. The molecule has 228 valence electrons. The summed E-state index contributed by atoms with van der Waals surface area (Å²) in [7, 11) is 0. The molecule has 8 nitrogen and oxygen atoms in total. The van der Waals surface area contributed by atoms with Gasteiger partial charge in [-0.1, -0.05) is 48.2 Å². The first-order chi connectivity index (χ1) is 22.2. The van der Waals surface area contributed by atoms with Crippen molar-refractivity contribution in [2.24, 2.45) is 0 Å². The van der Waals surface area contributed by atoms with Gasteiger partial charge in [0.1, 0.15) is 0 Å². The van der Waals surface area contributed by atoms with Gasteiger partial charge in [0.05, 0.1) is 16.0 Å². The predicted molar refractivity (Wildman–Crippen MR) is 185 cm³/mol. The molecule has 10 heteroatoms. The fraction of sp³-hybridized carbons (Fsp3) is 0.343. The number of nitrogens with one attached hydrogen (secondary N) is 1. The molecule has 2 aliphatic heterocycles. The lowest BCUT2D eigenvalue weighted by molar-refractivity contribution is 0.102. The summed E-state index contributed by atoms with van der Waals surface area (Å²) >= 11 is 3.12. The van der Waals surface area contributed by atoms with E-state index in [9.17, 15) is 4.79 Å². The van der Waals surface area contributed by atoms with Gasteiger partial charge >= 0.3 is 0 Å². The van der Waals surface area contributed by atoms with Gasteiger partial charge < -0.3 is 15.1 Å². The number of nitrogens with zero attached hydrogens (tertiary/aromatic N) is 6. The van der Waals surface area contributed by atoms with Crippen LogP contribution in [0.3, 0.4) is 0 Å². The van der Waals surface area contributed by atoms with Gasteiger partial charge in [0.25, 0.3) is 0 Å². The molecule has 0 radical (unpaired) electrons. The highest BCUT2D eigenvalue weighted by Crippen LogP contribution is 2.37. The zero-order valence-electron chi connectivity index (χ0n) is 25.2. The Kier molecular flexibility index (Phi) is 7.84. The first kappa shape index (κ1) is 28.5. The van der Waals surface area contributed by atoms with E-state index in [0.29, 0.717) is 11.7 Å². The summed E-state index contributed by atoms with van der Waals surface area (Å²) in [6.07, 6.45) is 8.09. The second-order valence-electron chi connectivity index (χ2n) is 12.1. The highest BCUT2D eigenvalue weighted by Gasteiger charge is 2.22. The Hall–Kier alpha value is -4.02. The molecule has 0 spiro atoms. The summed E-state index contributed by atoms with van der Waals surface area (Å²) < 4.78 is 1.95. The van der Waals surface area contributed by atoms with E-state index in [2.05, 4.69) is 57.6 Å². The van der Waals surface area contributed by atoms with E-state index in [4.69, 9.17) is 19.9 Å². The summed E-state index contributed by atoms with van der Waals surface area (Å²) in [5.41, 5.74) is 7.70. The third-order valence-electron chi connectivity index (χ3n) is 8.96. The number of piperidine rings is 2. The van der Waals surface area contributed by atoms with Crippen LogP contribution in [0.4, 0.5) is 23.5 Å². The van der Waals surface area contributed by atoms with E-state index >= 15 is 0 Å². The summed E-state index contributed by atoms with van der Waals surface area (Å²) in [5, 5.41) is 3.47. The number of anilines is 4. The summed E-state index contributed by atoms with van der Waals surface area (Å²) in [6, 6.07) is 20.8. The Balaban J connectivity index is 0.969. The van der Waals surface area contributed by atoms with E-state index in [1.807, 2.05) is 18.2 Å². The molecule has 3 aliphatic rings. The zero-order valence-corrected chi connectivity index (χ0v) is 26.8. The molecule has 0 amide bonds. The normalized spacial score (nSPS) is 16.1. The monoisotopic (exact) mass is 633 g/mol. The number of carbonyl (C=O) groups is 1. The van der Waals surface area contributed by atoms with Crippen molar-refractivity contribution in [1.29, 1.82) is 0 Å². The van der Waals surface area contributed by atoms with Gasteiger partial charge in [-0.15, -0.1) is 11.3 Å². The van der Waals surface area contributed by atoms with E-state index < -0.39 is 0 Å². The zero-order chi connectivity index (χ0) is 30.2. The van der Waals surface area contributed by atoms with Gasteiger partial charge in [0, 0.05) is 37.4 Å². The van der Waals surface area contributed by atoms with Gasteiger partial charge in [0.2, 0.25) is 17.8 Å². The van der Waals surface area contributed by atoms with Crippen LogP contribution in [0.2, 0.25) is 0 Å². The second kappa shape index (κ2) is 12.4. The lowest BCUT2D eigenvalue weighted by Crippen LogP contribution is -2.34. The molecule has 45 heavy (non-hydrogen) atoms. The first-order valence-corrected chi connectivity index (χ1v) is 17.8. The van der Waals surface area contributed by atoms with E-state index in [-0.39, 0.29) is 5.78 Å². The van der Waals surface area contributed by atoms with Crippen LogP contribution in [-0.4, -0.2) is 57.7 Å². The van der Waals surface area contributed by atoms with Crippen LogP contribution >= 0.6 is 23.1 Å². The minimum Gasteiger partial charge on any atom is -0.341 e. The van der Waals surface area contributed by atoms with E-state index in [0.717, 1.165) is 70.3 Å². The largest absolute Gasteiger partial charge is 0.341 e. The topological polar surface area (TPSA) is 87.1 Å². The number of Topliss-reactive ketones (excluding diaryl/α,β-unsaturated/α-hetero) is 1. The van der Waals surface area contributed by atoms with Gasteiger partial charge in [0.15, 0.2) is 10.1 Å². The highest BCUT2D eigenvalue weighted by molar-refractivity contribution is 8.01. The first-order valence-electron chi connectivity index (χ1n) is 16.0. The number of fused-ring (bicyclic) bond motifs is 4. The van der Waals surface area contributed by atoms with Crippen LogP contribution in [0.15, 0.2) is 65.0 Å². The minimum absolute atomic E-state index is 0.129. The highest BCUT2D eigenvalue weighted by atomic mass is 32.2. The summed E-state index contributed by atoms with van der Waals surface area (Å²) in [5.74, 6) is 2.60. The van der Waals surface area contributed by atoms with Gasteiger partial charge in [-0.3, -0.25) is 4.79 Å². The van der Waals surface area contributed by atoms with Crippen LogP contribution in [0, 0.1) is 0 Å². The lowest BCUT2D eigenvalue weighted by atomic mass is 10.0. The fourth-order valence-electron chi connectivity index (χ4n) is 6.58. The van der Waals surface area contributed by atoms with Crippen LogP contribution in [0.25, 0.3) is 21.3 Å². The molecule has 1 aliphatic carbocycles.